The van der Waals surface area contributed by atoms with Crippen LogP contribution in [0.2, 0.25) is 0 Å². The number of fused-ring (bicyclic) bond motifs is 6. The first kappa shape index (κ1) is 25.1. The molecule has 0 radical (unpaired) electrons. The van der Waals surface area contributed by atoms with Gasteiger partial charge < -0.3 is 0 Å². The molecule has 1 aliphatic carbocycles. The second kappa shape index (κ2) is 10.1. The van der Waals surface area contributed by atoms with E-state index < -0.39 is 0 Å². The Morgan fingerprint density at radius 2 is 1.25 bits per heavy atom. The highest BCUT2D eigenvalue weighted by atomic mass is 32.1. The van der Waals surface area contributed by atoms with E-state index in [4.69, 9.17) is 15.0 Å². The molecule has 0 bridgehead atoms. The van der Waals surface area contributed by atoms with E-state index in [1.165, 1.54) is 42.1 Å². The van der Waals surface area contributed by atoms with Crippen molar-refractivity contribution in [2.75, 3.05) is 0 Å². The summed E-state index contributed by atoms with van der Waals surface area (Å²) in [4.78, 5) is 15.4. The molecule has 3 heterocycles. The number of thiophene rings is 1. The van der Waals surface area contributed by atoms with Gasteiger partial charge in [-0.15, -0.1) is 11.3 Å². The fraction of sp³-hybridized carbons (Fsp3) is 0.0513. The number of rotatable bonds is 4. The Morgan fingerprint density at radius 1 is 0.545 bits per heavy atom. The molecular weight excluding hydrogens is 557 g/mol. The highest BCUT2D eigenvalue weighted by Gasteiger charge is 2.20. The summed E-state index contributed by atoms with van der Waals surface area (Å²) in [6.45, 7) is 0. The quantitative estimate of drug-likeness (QED) is 0.207. The highest BCUT2D eigenvalue weighted by Crippen LogP contribution is 2.40. The lowest BCUT2D eigenvalue weighted by Crippen LogP contribution is -2.08. The molecule has 0 saturated carbocycles. The molecule has 0 saturated heterocycles. The Bertz CT molecular complexity index is 2430. The predicted molar refractivity (Wildman–Crippen MR) is 184 cm³/mol. The van der Waals surface area contributed by atoms with E-state index in [1.807, 2.05) is 29.5 Å². The summed E-state index contributed by atoms with van der Waals surface area (Å²) in [6, 6.07) is 42.7. The summed E-state index contributed by atoms with van der Waals surface area (Å²) in [6.07, 6.45) is 6.44. The van der Waals surface area contributed by atoms with Gasteiger partial charge in [-0.3, -0.25) is 4.57 Å². The minimum absolute atomic E-state index is 0.627. The van der Waals surface area contributed by atoms with Crippen molar-refractivity contribution in [1.29, 1.82) is 0 Å². The molecule has 4 nitrogen and oxygen atoms in total. The molecule has 0 spiro atoms. The topological polar surface area (TPSA) is 43.6 Å². The average molecular weight is 583 g/mol. The minimum atomic E-state index is 0.627. The Morgan fingerprint density at radius 3 is 2.09 bits per heavy atom. The SMILES string of the molecule is C1=C(c2ccccc2)CCC=C1c1nc(-c2ccccc2)nc(-n2c3ccccc3c3cc4c(cc32)sc2ccccc24)n1. The average Bonchev–Trinajstić information content (AvgIpc) is 3.62. The zero-order chi connectivity index (χ0) is 29.0. The van der Waals surface area contributed by atoms with Gasteiger partial charge in [0.2, 0.25) is 5.95 Å². The molecular formula is C39H26N4S. The normalized spacial score (nSPS) is 13.5. The lowest BCUT2D eigenvalue weighted by Gasteiger charge is -2.15. The zero-order valence-corrected chi connectivity index (χ0v) is 24.6. The van der Waals surface area contributed by atoms with Gasteiger partial charge >= 0.3 is 0 Å². The van der Waals surface area contributed by atoms with Crippen molar-refractivity contribution in [3.05, 3.63) is 145 Å². The maximum absolute atomic E-state index is 5.21. The molecule has 3 aromatic heterocycles. The number of aromatic nitrogens is 4. The van der Waals surface area contributed by atoms with Crippen LogP contribution in [0.15, 0.2) is 133 Å². The highest BCUT2D eigenvalue weighted by molar-refractivity contribution is 7.25. The largest absolute Gasteiger partial charge is 0.278 e. The standard InChI is InChI=1S/C39H26N4S/c1-3-12-25(13-4-1)27-16-11-17-28(22-27)38-40-37(26-14-5-2-6-15-26)41-39(42-38)43-33-20-9-7-18-29(33)31-23-32-30-19-8-10-21-35(30)44-36(32)24-34(31)43/h1-10,12-15,17-24H,11,16H2. The van der Waals surface area contributed by atoms with Crippen LogP contribution in [0.5, 0.6) is 0 Å². The van der Waals surface area contributed by atoms with Gasteiger partial charge in [-0.1, -0.05) is 103 Å². The van der Waals surface area contributed by atoms with E-state index in [2.05, 4.69) is 120 Å². The molecule has 8 aromatic rings. The van der Waals surface area contributed by atoms with Crippen molar-refractivity contribution >= 4 is 64.5 Å². The van der Waals surface area contributed by atoms with Crippen LogP contribution < -0.4 is 0 Å². The Balaban J connectivity index is 1.31. The van der Waals surface area contributed by atoms with Gasteiger partial charge in [-0.25, -0.2) is 4.98 Å². The van der Waals surface area contributed by atoms with Crippen molar-refractivity contribution in [2.24, 2.45) is 0 Å². The fourth-order valence-electron chi connectivity index (χ4n) is 6.45. The monoisotopic (exact) mass is 582 g/mol. The summed E-state index contributed by atoms with van der Waals surface area (Å²) in [7, 11) is 0. The summed E-state index contributed by atoms with van der Waals surface area (Å²) in [5.41, 5.74) is 6.72. The van der Waals surface area contributed by atoms with Crippen molar-refractivity contribution in [3.63, 3.8) is 0 Å². The zero-order valence-electron chi connectivity index (χ0n) is 23.8. The van der Waals surface area contributed by atoms with Gasteiger partial charge in [0.05, 0.1) is 11.0 Å². The van der Waals surface area contributed by atoms with Crippen molar-refractivity contribution in [2.45, 2.75) is 12.8 Å². The second-order valence-electron chi connectivity index (χ2n) is 11.2. The van der Waals surface area contributed by atoms with Crippen LogP contribution in [0.3, 0.4) is 0 Å². The maximum atomic E-state index is 5.21. The summed E-state index contributed by atoms with van der Waals surface area (Å²) >= 11 is 1.83. The Labute approximate surface area is 258 Å². The lowest BCUT2D eigenvalue weighted by molar-refractivity contribution is 0.929. The summed E-state index contributed by atoms with van der Waals surface area (Å²) in [5, 5.41) is 4.97. The van der Waals surface area contributed by atoms with Crippen LogP contribution in [0, 0.1) is 0 Å². The number of nitrogens with zero attached hydrogens (tertiary/aromatic N) is 4. The van der Waals surface area contributed by atoms with E-state index in [-0.39, 0.29) is 0 Å². The lowest BCUT2D eigenvalue weighted by atomic mass is 9.93. The third-order valence-corrected chi connectivity index (χ3v) is 9.67. The van der Waals surface area contributed by atoms with E-state index in [9.17, 15) is 0 Å². The molecule has 5 aromatic carbocycles. The van der Waals surface area contributed by atoms with Crippen LogP contribution in [0.4, 0.5) is 0 Å². The number of hydrogen-bond acceptors (Lipinski definition) is 4. The van der Waals surface area contributed by atoms with Gasteiger partial charge in [0, 0.05) is 42.1 Å². The van der Waals surface area contributed by atoms with Crippen LogP contribution >= 0.6 is 11.3 Å². The molecule has 0 atom stereocenters. The van der Waals surface area contributed by atoms with Gasteiger partial charge in [0.15, 0.2) is 11.6 Å². The Hall–Kier alpha value is -5.39. The molecule has 44 heavy (non-hydrogen) atoms. The van der Waals surface area contributed by atoms with Crippen molar-refractivity contribution in [3.8, 4) is 17.3 Å². The van der Waals surface area contributed by atoms with E-state index in [0.717, 1.165) is 35.0 Å². The van der Waals surface area contributed by atoms with Crippen LogP contribution in [0.1, 0.15) is 24.2 Å². The van der Waals surface area contributed by atoms with Gasteiger partial charge in [-0.05, 0) is 54.3 Å². The molecule has 0 fully saturated rings. The maximum Gasteiger partial charge on any atom is 0.238 e. The molecule has 5 heteroatoms. The number of benzene rings is 5. The van der Waals surface area contributed by atoms with Crippen molar-refractivity contribution < 1.29 is 0 Å². The molecule has 0 aliphatic heterocycles. The fourth-order valence-corrected chi connectivity index (χ4v) is 7.57. The van der Waals surface area contributed by atoms with Crippen molar-refractivity contribution in [1.82, 2.24) is 19.5 Å². The first-order chi connectivity index (χ1) is 21.8. The van der Waals surface area contributed by atoms with Gasteiger partial charge in [0.25, 0.3) is 0 Å². The van der Waals surface area contributed by atoms with E-state index in [1.54, 1.807) is 0 Å². The number of allylic oxidation sites excluding steroid dienone is 4. The molecule has 0 unspecified atom stereocenters. The smallest absolute Gasteiger partial charge is 0.238 e. The minimum Gasteiger partial charge on any atom is -0.278 e. The Kier molecular flexibility index (Phi) is 5.78. The number of hydrogen-bond donors (Lipinski definition) is 0. The van der Waals surface area contributed by atoms with Crippen LogP contribution in [-0.4, -0.2) is 19.5 Å². The third-order valence-electron chi connectivity index (χ3n) is 8.54. The molecule has 0 amide bonds. The molecule has 0 N–H and O–H groups in total. The molecule has 9 rings (SSSR count). The number of para-hydroxylation sites is 1. The van der Waals surface area contributed by atoms with Crippen LogP contribution in [0.25, 0.3) is 70.5 Å². The molecule has 1 aliphatic rings. The van der Waals surface area contributed by atoms with E-state index >= 15 is 0 Å². The first-order valence-electron chi connectivity index (χ1n) is 14.9. The van der Waals surface area contributed by atoms with E-state index in [0.29, 0.717) is 17.6 Å². The van der Waals surface area contributed by atoms with Gasteiger partial charge in [-0.2, -0.15) is 9.97 Å². The molecule has 208 valence electrons. The van der Waals surface area contributed by atoms with Gasteiger partial charge in [0.1, 0.15) is 0 Å². The summed E-state index contributed by atoms with van der Waals surface area (Å²) in [5.74, 6) is 1.98. The van der Waals surface area contributed by atoms with Crippen LogP contribution in [-0.2, 0) is 0 Å². The third kappa shape index (κ3) is 4.08. The summed E-state index contributed by atoms with van der Waals surface area (Å²) < 4.78 is 4.77. The second-order valence-corrected chi connectivity index (χ2v) is 12.3. The predicted octanol–water partition coefficient (Wildman–Crippen LogP) is 10.3. The first-order valence-corrected chi connectivity index (χ1v) is 15.7.